The number of thioether (sulfide) groups is 1. The predicted molar refractivity (Wildman–Crippen MR) is 109 cm³/mol. The molecule has 0 radical (unpaired) electrons. The molecule has 1 aliphatic carbocycles. The van der Waals surface area contributed by atoms with Crippen molar-refractivity contribution >= 4 is 23.6 Å². The largest absolute Gasteiger partial charge is 0.352 e. The molecule has 2 atom stereocenters. The molecule has 1 heterocycles. The zero-order valence-corrected chi connectivity index (χ0v) is 17.5. The number of hydrogen-bond acceptors (Lipinski definition) is 5. The van der Waals surface area contributed by atoms with Crippen LogP contribution in [0.5, 0.6) is 0 Å². The number of benzene rings is 1. The Morgan fingerprint density at radius 2 is 2.00 bits per heavy atom. The first-order valence-electron chi connectivity index (χ1n) is 9.79. The molecule has 7 nitrogen and oxygen atoms in total. The first-order valence-corrected chi connectivity index (χ1v) is 10.8. The number of amides is 2. The van der Waals surface area contributed by atoms with Gasteiger partial charge in [0.15, 0.2) is 11.0 Å². The van der Waals surface area contributed by atoms with Gasteiger partial charge >= 0.3 is 0 Å². The third-order valence-corrected chi connectivity index (χ3v) is 6.26. The minimum atomic E-state index is -0.572. The lowest BCUT2D eigenvalue weighted by atomic mass is 9.86. The van der Waals surface area contributed by atoms with Crippen LogP contribution in [-0.4, -0.2) is 38.4 Å². The fraction of sp³-hybridized carbons (Fsp3) is 0.500. The normalized spacial score (nSPS) is 19.0. The van der Waals surface area contributed by atoms with E-state index in [4.69, 9.17) is 0 Å². The van der Waals surface area contributed by atoms with Crippen molar-refractivity contribution < 1.29 is 14.0 Å². The molecule has 0 spiro atoms. The van der Waals surface area contributed by atoms with E-state index in [9.17, 15) is 14.0 Å². The lowest BCUT2D eigenvalue weighted by Crippen LogP contribution is -2.41. The Kier molecular flexibility index (Phi) is 7.24. The van der Waals surface area contributed by atoms with Crippen LogP contribution in [-0.2, 0) is 18.4 Å². The Balaban J connectivity index is 1.49. The molecule has 1 saturated carbocycles. The van der Waals surface area contributed by atoms with E-state index in [1.54, 1.807) is 17.7 Å². The van der Waals surface area contributed by atoms with Gasteiger partial charge in [-0.05, 0) is 30.9 Å². The summed E-state index contributed by atoms with van der Waals surface area (Å²) in [5, 5.41) is 14.5. The highest BCUT2D eigenvalue weighted by Crippen LogP contribution is 2.24. The van der Waals surface area contributed by atoms with Crippen LogP contribution in [0.2, 0.25) is 0 Å². The van der Waals surface area contributed by atoms with Gasteiger partial charge in [0.1, 0.15) is 5.82 Å². The highest BCUT2D eigenvalue weighted by Gasteiger charge is 2.23. The second-order valence-electron chi connectivity index (χ2n) is 7.34. The fourth-order valence-electron chi connectivity index (χ4n) is 3.43. The van der Waals surface area contributed by atoms with Crippen LogP contribution >= 0.6 is 11.8 Å². The van der Waals surface area contributed by atoms with Gasteiger partial charge < -0.3 is 15.2 Å². The number of rotatable bonds is 7. The summed E-state index contributed by atoms with van der Waals surface area (Å²) in [5.41, 5.74) is -0.0159. The van der Waals surface area contributed by atoms with Gasteiger partial charge in [0.25, 0.3) is 5.91 Å². The van der Waals surface area contributed by atoms with Gasteiger partial charge in [-0.3, -0.25) is 9.59 Å². The van der Waals surface area contributed by atoms with E-state index in [1.165, 1.54) is 36.4 Å². The third-order valence-electron chi connectivity index (χ3n) is 5.24. The van der Waals surface area contributed by atoms with E-state index in [-0.39, 0.29) is 29.8 Å². The van der Waals surface area contributed by atoms with Crippen LogP contribution in [0.4, 0.5) is 4.39 Å². The van der Waals surface area contributed by atoms with E-state index in [0.29, 0.717) is 16.9 Å². The smallest absolute Gasteiger partial charge is 0.254 e. The quantitative estimate of drug-likeness (QED) is 0.674. The summed E-state index contributed by atoms with van der Waals surface area (Å²) in [7, 11) is 1.77. The van der Waals surface area contributed by atoms with Gasteiger partial charge in [-0.15, -0.1) is 10.2 Å². The van der Waals surface area contributed by atoms with Crippen LogP contribution in [0, 0.1) is 11.7 Å². The average molecular weight is 420 g/mol. The maximum absolute atomic E-state index is 13.7. The molecule has 29 heavy (non-hydrogen) atoms. The highest BCUT2D eigenvalue weighted by atomic mass is 32.2. The Morgan fingerprint density at radius 3 is 2.76 bits per heavy atom. The van der Waals surface area contributed by atoms with Crippen LogP contribution in [0.15, 0.2) is 29.4 Å². The van der Waals surface area contributed by atoms with Crippen molar-refractivity contribution in [2.24, 2.45) is 13.0 Å². The molecule has 1 fully saturated rings. The molecule has 156 valence electrons. The van der Waals surface area contributed by atoms with Crippen molar-refractivity contribution in [3.8, 4) is 0 Å². The lowest BCUT2D eigenvalue weighted by Gasteiger charge is -2.29. The number of halogens is 1. The average Bonchev–Trinajstić information content (AvgIpc) is 3.06. The maximum atomic E-state index is 13.7. The van der Waals surface area contributed by atoms with Crippen molar-refractivity contribution in [3.63, 3.8) is 0 Å². The molecule has 0 bridgehead atoms. The van der Waals surface area contributed by atoms with Gasteiger partial charge in [-0.2, -0.15) is 0 Å². The third kappa shape index (κ3) is 5.56. The lowest BCUT2D eigenvalue weighted by molar-refractivity contribution is -0.119. The molecule has 9 heteroatoms. The van der Waals surface area contributed by atoms with Crippen LogP contribution in [0.3, 0.4) is 0 Å². The van der Waals surface area contributed by atoms with Crippen molar-refractivity contribution in [2.75, 3.05) is 5.75 Å². The van der Waals surface area contributed by atoms with Crippen molar-refractivity contribution in [2.45, 2.75) is 50.4 Å². The number of carbonyl (C=O) groups is 2. The molecule has 2 N–H and O–H groups in total. The molecule has 1 aromatic heterocycles. The first-order chi connectivity index (χ1) is 14.0. The summed E-state index contributed by atoms with van der Waals surface area (Å²) < 4.78 is 15.4. The Labute approximate surface area is 173 Å². The topological polar surface area (TPSA) is 88.9 Å². The molecular weight excluding hydrogens is 393 g/mol. The number of hydrogen-bond donors (Lipinski definition) is 2. The summed E-state index contributed by atoms with van der Waals surface area (Å²) in [6.07, 6.45) is 4.59. The van der Waals surface area contributed by atoms with E-state index >= 15 is 0 Å². The van der Waals surface area contributed by atoms with Crippen LogP contribution in [0.1, 0.15) is 48.8 Å². The fourth-order valence-corrected chi connectivity index (χ4v) is 4.17. The second-order valence-corrected chi connectivity index (χ2v) is 8.29. The van der Waals surface area contributed by atoms with Gasteiger partial charge in [0.2, 0.25) is 5.91 Å². The zero-order valence-electron chi connectivity index (χ0n) is 16.7. The molecule has 2 unspecified atom stereocenters. The van der Waals surface area contributed by atoms with Gasteiger partial charge in [0, 0.05) is 13.1 Å². The van der Waals surface area contributed by atoms with E-state index in [2.05, 4.69) is 27.8 Å². The van der Waals surface area contributed by atoms with Gasteiger partial charge in [-0.1, -0.05) is 43.7 Å². The van der Waals surface area contributed by atoms with Crippen molar-refractivity contribution in [1.82, 2.24) is 25.4 Å². The zero-order chi connectivity index (χ0) is 20.8. The molecular formula is C20H26FN5O2S. The molecule has 2 aromatic rings. The molecule has 0 aliphatic heterocycles. The first kappa shape index (κ1) is 21.3. The Morgan fingerprint density at radius 1 is 1.24 bits per heavy atom. The van der Waals surface area contributed by atoms with Crippen molar-refractivity contribution in [1.29, 1.82) is 0 Å². The monoisotopic (exact) mass is 419 g/mol. The summed E-state index contributed by atoms with van der Waals surface area (Å²) in [5.74, 6) is 0.206. The van der Waals surface area contributed by atoms with Crippen LogP contribution in [0.25, 0.3) is 0 Å². The SMILES string of the molecule is CC1CCCCC1NC(=O)CSc1nnc(CNC(=O)c2ccccc2F)n1C. The summed E-state index contributed by atoms with van der Waals surface area (Å²) in [6, 6.07) is 6.05. The number of aromatic nitrogens is 3. The molecule has 2 amide bonds. The van der Waals surface area contributed by atoms with Crippen molar-refractivity contribution in [3.05, 3.63) is 41.5 Å². The molecule has 0 saturated heterocycles. The highest BCUT2D eigenvalue weighted by molar-refractivity contribution is 7.99. The van der Waals surface area contributed by atoms with E-state index in [0.717, 1.165) is 19.3 Å². The summed E-state index contributed by atoms with van der Waals surface area (Å²) in [6.45, 7) is 2.30. The minimum absolute atomic E-state index is 0.00819. The summed E-state index contributed by atoms with van der Waals surface area (Å²) >= 11 is 1.30. The Bertz CT molecular complexity index is 872. The predicted octanol–water partition coefficient (Wildman–Crippen LogP) is 2.67. The van der Waals surface area contributed by atoms with Crippen LogP contribution < -0.4 is 10.6 Å². The standard InChI is InChI=1S/C20H26FN5O2S/c1-13-7-3-6-10-16(13)23-18(27)12-29-20-25-24-17(26(20)2)11-22-19(28)14-8-4-5-9-15(14)21/h4-5,8-9,13,16H,3,6-7,10-12H2,1-2H3,(H,22,28)(H,23,27). The van der Waals surface area contributed by atoms with E-state index < -0.39 is 11.7 Å². The molecule has 1 aromatic carbocycles. The van der Waals surface area contributed by atoms with Gasteiger partial charge in [0.05, 0.1) is 17.9 Å². The summed E-state index contributed by atoms with van der Waals surface area (Å²) in [4.78, 5) is 24.4. The maximum Gasteiger partial charge on any atom is 0.254 e. The van der Waals surface area contributed by atoms with Gasteiger partial charge in [-0.25, -0.2) is 4.39 Å². The van der Waals surface area contributed by atoms with E-state index in [1.807, 2.05) is 0 Å². The number of nitrogens with one attached hydrogen (secondary N) is 2. The second kappa shape index (κ2) is 9.87. The molecule has 3 rings (SSSR count). The number of carbonyl (C=O) groups excluding carboxylic acids is 2. The Hall–Kier alpha value is -2.42. The minimum Gasteiger partial charge on any atom is -0.352 e. The number of nitrogens with zero attached hydrogens (tertiary/aromatic N) is 3. The molecule has 1 aliphatic rings.